The molecule has 0 atom stereocenters. The molecule has 0 bridgehead atoms. The normalized spacial score (nSPS) is 10.6. The van der Waals surface area contributed by atoms with Crippen molar-refractivity contribution >= 4 is 28.9 Å². The summed E-state index contributed by atoms with van der Waals surface area (Å²) in [6.45, 7) is 0.599. The topological polar surface area (TPSA) is 53.6 Å². The van der Waals surface area contributed by atoms with Crippen LogP contribution in [0.25, 0.3) is 11.3 Å². The summed E-state index contributed by atoms with van der Waals surface area (Å²) in [5, 5.41) is 11.6. The minimum atomic E-state index is 0.592. The number of pyridine rings is 1. The summed E-state index contributed by atoms with van der Waals surface area (Å²) in [4.78, 5) is 4.12. The highest BCUT2D eigenvalue weighted by molar-refractivity contribution is 6.36. The molecule has 3 rings (SSSR count). The first-order valence-corrected chi connectivity index (χ1v) is 7.11. The standard InChI is InChI=1S/C15H12Cl2N4/c16-12-3-4-14(13(17)6-12)19-8-11-9-20-21-15(11)10-2-1-5-18-7-10/h1-7,9,19H,8H2,(H,20,21). The van der Waals surface area contributed by atoms with Gasteiger partial charge in [-0.05, 0) is 30.3 Å². The molecular formula is C15H12Cl2N4. The van der Waals surface area contributed by atoms with Gasteiger partial charge in [0.25, 0.3) is 0 Å². The summed E-state index contributed by atoms with van der Waals surface area (Å²) in [6, 6.07) is 9.24. The summed E-state index contributed by atoms with van der Waals surface area (Å²) in [5.41, 5.74) is 3.81. The van der Waals surface area contributed by atoms with E-state index in [1.54, 1.807) is 30.7 Å². The number of anilines is 1. The van der Waals surface area contributed by atoms with Crippen molar-refractivity contribution in [1.82, 2.24) is 15.2 Å². The van der Waals surface area contributed by atoms with Crippen LogP contribution in [0.5, 0.6) is 0 Å². The fourth-order valence-corrected chi connectivity index (χ4v) is 2.50. The molecule has 0 aliphatic carbocycles. The van der Waals surface area contributed by atoms with Crippen molar-refractivity contribution in [3.8, 4) is 11.3 Å². The van der Waals surface area contributed by atoms with Crippen LogP contribution in [0.2, 0.25) is 10.0 Å². The van der Waals surface area contributed by atoms with Gasteiger partial charge in [-0.1, -0.05) is 23.2 Å². The Morgan fingerprint density at radius 1 is 1.14 bits per heavy atom. The van der Waals surface area contributed by atoms with Crippen LogP contribution in [0.1, 0.15) is 5.56 Å². The second-order valence-electron chi connectivity index (χ2n) is 4.49. The Labute approximate surface area is 132 Å². The molecule has 2 heterocycles. The third kappa shape index (κ3) is 3.17. The fraction of sp³-hybridized carbons (Fsp3) is 0.0667. The zero-order valence-corrected chi connectivity index (χ0v) is 12.5. The molecule has 0 fully saturated rings. The Balaban J connectivity index is 1.79. The zero-order chi connectivity index (χ0) is 14.7. The maximum atomic E-state index is 6.15. The molecule has 0 aliphatic heterocycles. The van der Waals surface area contributed by atoms with E-state index in [9.17, 15) is 0 Å². The number of benzene rings is 1. The maximum absolute atomic E-state index is 6.15. The Morgan fingerprint density at radius 3 is 2.81 bits per heavy atom. The average Bonchev–Trinajstić information content (AvgIpc) is 2.96. The molecule has 0 saturated carbocycles. The molecule has 0 saturated heterocycles. The molecule has 1 aromatic carbocycles. The van der Waals surface area contributed by atoms with E-state index in [-0.39, 0.29) is 0 Å². The quantitative estimate of drug-likeness (QED) is 0.750. The SMILES string of the molecule is Clc1ccc(NCc2cn[nH]c2-c2cccnc2)c(Cl)c1. The second kappa shape index (κ2) is 6.16. The molecule has 2 aromatic heterocycles. The van der Waals surface area contributed by atoms with Crippen LogP contribution >= 0.6 is 23.2 Å². The molecule has 2 N–H and O–H groups in total. The first-order chi connectivity index (χ1) is 10.2. The Hall–Kier alpha value is -2.04. The Morgan fingerprint density at radius 2 is 2.05 bits per heavy atom. The molecular weight excluding hydrogens is 307 g/mol. The van der Waals surface area contributed by atoms with Gasteiger partial charge in [-0.2, -0.15) is 5.10 Å². The van der Waals surface area contributed by atoms with E-state index in [0.29, 0.717) is 16.6 Å². The molecule has 21 heavy (non-hydrogen) atoms. The van der Waals surface area contributed by atoms with E-state index in [1.807, 2.05) is 18.2 Å². The van der Waals surface area contributed by atoms with Gasteiger partial charge in [0.05, 0.1) is 22.6 Å². The molecule has 0 amide bonds. The smallest absolute Gasteiger partial charge is 0.0715 e. The first kappa shape index (κ1) is 13.9. The van der Waals surface area contributed by atoms with Gasteiger partial charge in [0.15, 0.2) is 0 Å². The number of hydrogen-bond acceptors (Lipinski definition) is 3. The number of aromatic nitrogens is 3. The van der Waals surface area contributed by atoms with Crippen LogP contribution in [0.4, 0.5) is 5.69 Å². The lowest BCUT2D eigenvalue weighted by atomic mass is 10.1. The number of hydrogen-bond donors (Lipinski definition) is 2. The Bertz CT molecular complexity index is 740. The number of aromatic amines is 1. The van der Waals surface area contributed by atoms with Crippen LogP contribution in [-0.4, -0.2) is 15.2 Å². The minimum absolute atomic E-state index is 0.592. The van der Waals surface area contributed by atoms with Crippen molar-refractivity contribution in [3.63, 3.8) is 0 Å². The molecule has 0 spiro atoms. The summed E-state index contributed by atoms with van der Waals surface area (Å²) in [7, 11) is 0. The van der Waals surface area contributed by atoms with E-state index in [4.69, 9.17) is 23.2 Å². The highest BCUT2D eigenvalue weighted by Crippen LogP contribution is 2.27. The molecule has 4 nitrogen and oxygen atoms in total. The predicted molar refractivity (Wildman–Crippen MR) is 85.6 cm³/mol. The van der Waals surface area contributed by atoms with Gasteiger partial charge in [0, 0.05) is 35.1 Å². The lowest BCUT2D eigenvalue weighted by Gasteiger charge is -2.09. The second-order valence-corrected chi connectivity index (χ2v) is 5.33. The van der Waals surface area contributed by atoms with Gasteiger partial charge in [-0.25, -0.2) is 0 Å². The highest BCUT2D eigenvalue weighted by atomic mass is 35.5. The molecule has 0 aliphatic rings. The largest absolute Gasteiger partial charge is 0.380 e. The van der Waals surface area contributed by atoms with Gasteiger partial charge in [-0.3, -0.25) is 10.1 Å². The number of nitrogens with zero attached hydrogens (tertiary/aromatic N) is 2. The van der Waals surface area contributed by atoms with Crippen molar-refractivity contribution in [2.75, 3.05) is 5.32 Å². The first-order valence-electron chi connectivity index (χ1n) is 6.35. The zero-order valence-electron chi connectivity index (χ0n) is 11.0. The van der Waals surface area contributed by atoms with E-state index in [0.717, 1.165) is 22.5 Å². The Kier molecular flexibility index (Phi) is 4.08. The average molecular weight is 319 g/mol. The van der Waals surface area contributed by atoms with Crippen molar-refractivity contribution in [1.29, 1.82) is 0 Å². The van der Waals surface area contributed by atoms with Gasteiger partial charge in [-0.15, -0.1) is 0 Å². The summed E-state index contributed by atoms with van der Waals surface area (Å²) in [6.07, 6.45) is 5.33. The van der Waals surface area contributed by atoms with Crippen LogP contribution in [-0.2, 0) is 6.54 Å². The van der Waals surface area contributed by atoms with Crippen LogP contribution in [0.15, 0.2) is 48.9 Å². The molecule has 3 aromatic rings. The van der Waals surface area contributed by atoms with Gasteiger partial charge in [0.1, 0.15) is 0 Å². The van der Waals surface area contributed by atoms with Gasteiger partial charge >= 0.3 is 0 Å². The molecule has 106 valence electrons. The summed E-state index contributed by atoms with van der Waals surface area (Å²) in [5.74, 6) is 0. The molecule has 0 radical (unpaired) electrons. The highest BCUT2D eigenvalue weighted by Gasteiger charge is 2.08. The van der Waals surface area contributed by atoms with E-state index < -0.39 is 0 Å². The maximum Gasteiger partial charge on any atom is 0.0715 e. The van der Waals surface area contributed by atoms with Crippen LogP contribution in [0, 0.1) is 0 Å². The predicted octanol–water partition coefficient (Wildman–Crippen LogP) is 4.39. The fourth-order valence-electron chi connectivity index (χ4n) is 2.03. The van der Waals surface area contributed by atoms with Gasteiger partial charge < -0.3 is 5.32 Å². The van der Waals surface area contributed by atoms with Crippen LogP contribution in [0.3, 0.4) is 0 Å². The summed E-state index contributed by atoms with van der Waals surface area (Å²) >= 11 is 12.0. The monoisotopic (exact) mass is 318 g/mol. The number of halogens is 2. The molecule has 0 unspecified atom stereocenters. The number of nitrogens with one attached hydrogen (secondary N) is 2. The van der Waals surface area contributed by atoms with Gasteiger partial charge in [0.2, 0.25) is 0 Å². The van der Waals surface area contributed by atoms with E-state index in [2.05, 4.69) is 20.5 Å². The minimum Gasteiger partial charge on any atom is -0.380 e. The summed E-state index contributed by atoms with van der Waals surface area (Å²) < 4.78 is 0. The third-order valence-electron chi connectivity index (χ3n) is 3.07. The lowest BCUT2D eigenvalue weighted by molar-refractivity contribution is 1.09. The molecule has 6 heteroatoms. The van der Waals surface area contributed by atoms with Crippen molar-refractivity contribution in [3.05, 3.63) is 64.5 Å². The third-order valence-corrected chi connectivity index (χ3v) is 3.62. The van der Waals surface area contributed by atoms with Crippen molar-refractivity contribution in [2.24, 2.45) is 0 Å². The number of rotatable bonds is 4. The van der Waals surface area contributed by atoms with Crippen LogP contribution < -0.4 is 5.32 Å². The van der Waals surface area contributed by atoms with Crippen molar-refractivity contribution < 1.29 is 0 Å². The van der Waals surface area contributed by atoms with Crippen molar-refractivity contribution in [2.45, 2.75) is 6.54 Å². The van der Waals surface area contributed by atoms with E-state index in [1.165, 1.54) is 0 Å². The van der Waals surface area contributed by atoms with E-state index >= 15 is 0 Å². The number of H-pyrrole nitrogens is 1. The lowest BCUT2D eigenvalue weighted by Crippen LogP contribution is -2.00.